The average Bonchev–Trinajstić information content (AvgIpc) is 3.14. The third kappa shape index (κ3) is 4.61. The monoisotopic (exact) mass is 436 g/mol. The van der Waals surface area contributed by atoms with Gasteiger partial charge >= 0.3 is 0 Å². The van der Waals surface area contributed by atoms with Crippen molar-refractivity contribution in [3.63, 3.8) is 0 Å². The Hall–Kier alpha value is -3.19. The van der Waals surface area contributed by atoms with Gasteiger partial charge in [-0.25, -0.2) is 4.98 Å². The van der Waals surface area contributed by atoms with Crippen LogP contribution in [0.15, 0.2) is 60.8 Å². The van der Waals surface area contributed by atoms with Crippen molar-refractivity contribution >= 4 is 17.7 Å². The zero-order valence-electron chi connectivity index (χ0n) is 17.7. The lowest BCUT2D eigenvalue weighted by atomic mass is 10.1. The first-order valence-corrected chi connectivity index (χ1v) is 11.0. The smallest absolute Gasteiger partial charge is 0.234 e. The molecule has 1 saturated heterocycles. The van der Waals surface area contributed by atoms with Crippen molar-refractivity contribution in [1.82, 2.24) is 9.88 Å². The minimum Gasteiger partial charge on any atom is -0.496 e. The van der Waals surface area contributed by atoms with E-state index in [4.69, 9.17) is 14.2 Å². The minimum atomic E-state index is -0.175. The van der Waals surface area contributed by atoms with Gasteiger partial charge in [0.2, 0.25) is 11.8 Å². The molecular weight excluding hydrogens is 412 g/mol. The zero-order chi connectivity index (χ0) is 21.8. The predicted molar refractivity (Wildman–Crippen MR) is 121 cm³/mol. The Balaban J connectivity index is 1.53. The Kier molecular flexibility index (Phi) is 6.32. The van der Waals surface area contributed by atoms with Gasteiger partial charge in [0, 0.05) is 18.8 Å². The van der Waals surface area contributed by atoms with Crippen molar-refractivity contribution in [1.29, 1.82) is 0 Å². The normalized spacial score (nSPS) is 15.8. The van der Waals surface area contributed by atoms with Crippen LogP contribution in [-0.4, -0.2) is 35.8 Å². The molecule has 0 spiro atoms. The number of aryl methyl sites for hydroxylation is 1. The van der Waals surface area contributed by atoms with Gasteiger partial charge in [-0.2, -0.15) is 0 Å². The molecule has 0 bridgehead atoms. The van der Waals surface area contributed by atoms with Gasteiger partial charge in [0.25, 0.3) is 0 Å². The van der Waals surface area contributed by atoms with Crippen LogP contribution < -0.4 is 14.2 Å². The van der Waals surface area contributed by atoms with E-state index in [9.17, 15) is 4.79 Å². The summed E-state index contributed by atoms with van der Waals surface area (Å²) in [6.45, 7) is 2.48. The van der Waals surface area contributed by atoms with Crippen molar-refractivity contribution in [3.05, 3.63) is 77.5 Å². The topological polar surface area (TPSA) is 60.9 Å². The summed E-state index contributed by atoms with van der Waals surface area (Å²) in [6.07, 6.45) is 1.72. The fourth-order valence-electron chi connectivity index (χ4n) is 3.53. The molecule has 2 aromatic carbocycles. The van der Waals surface area contributed by atoms with Crippen LogP contribution in [0, 0.1) is 6.92 Å². The average molecular weight is 437 g/mol. The standard InChI is InChI=1S/C24H24N2O4S/c1-16-11-12-25-21(13-16)30-18-9-7-17(8-10-18)14-26-22(27)15-31-24(26)23-19(28-2)5-4-6-20(23)29-3/h4-13,24H,14-15H2,1-3H3. The third-order valence-corrected chi connectivity index (χ3v) is 6.29. The Morgan fingerprint density at radius 1 is 1.06 bits per heavy atom. The fraction of sp³-hybridized carbons (Fsp3) is 0.250. The van der Waals surface area contributed by atoms with E-state index in [1.165, 1.54) is 0 Å². The molecule has 0 N–H and O–H groups in total. The molecule has 2 heterocycles. The van der Waals surface area contributed by atoms with E-state index in [0.717, 1.165) is 16.7 Å². The second kappa shape index (κ2) is 9.31. The molecule has 3 aromatic rings. The van der Waals surface area contributed by atoms with Gasteiger partial charge in [0.05, 0.1) is 25.5 Å². The molecule has 1 atom stereocenters. The van der Waals surface area contributed by atoms with E-state index in [2.05, 4.69) is 4.98 Å². The lowest BCUT2D eigenvalue weighted by Gasteiger charge is -2.27. The number of thioether (sulfide) groups is 1. The molecule has 31 heavy (non-hydrogen) atoms. The second-order valence-electron chi connectivity index (χ2n) is 7.18. The van der Waals surface area contributed by atoms with E-state index in [0.29, 0.717) is 35.4 Å². The molecule has 0 radical (unpaired) electrons. The van der Waals surface area contributed by atoms with Crippen LogP contribution in [0.1, 0.15) is 22.1 Å². The highest BCUT2D eigenvalue weighted by Gasteiger charge is 2.36. The van der Waals surface area contributed by atoms with Crippen LogP contribution in [0.4, 0.5) is 0 Å². The number of rotatable bonds is 7. The molecule has 6 nitrogen and oxygen atoms in total. The number of aromatic nitrogens is 1. The molecule has 1 amide bonds. The maximum atomic E-state index is 12.7. The van der Waals surface area contributed by atoms with Gasteiger partial charge in [0.15, 0.2) is 0 Å². The summed E-state index contributed by atoms with van der Waals surface area (Å²) in [5.74, 6) is 3.20. The number of hydrogen-bond acceptors (Lipinski definition) is 6. The minimum absolute atomic E-state index is 0.0900. The molecule has 1 aromatic heterocycles. The third-order valence-electron chi connectivity index (χ3n) is 5.07. The molecule has 1 unspecified atom stereocenters. The van der Waals surface area contributed by atoms with Crippen LogP contribution in [0.3, 0.4) is 0 Å². The molecule has 7 heteroatoms. The number of amides is 1. The molecule has 1 aliphatic rings. The van der Waals surface area contributed by atoms with Crippen LogP contribution in [0.25, 0.3) is 0 Å². The summed E-state index contributed by atoms with van der Waals surface area (Å²) >= 11 is 1.58. The van der Waals surface area contributed by atoms with Crippen LogP contribution in [-0.2, 0) is 11.3 Å². The number of methoxy groups -OCH3 is 2. The summed E-state index contributed by atoms with van der Waals surface area (Å²) in [5.41, 5.74) is 2.98. The highest BCUT2D eigenvalue weighted by atomic mass is 32.2. The SMILES string of the molecule is COc1cccc(OC)c1C1SCC(=O)N1Cc1ccc(Oc2cc(C)ccn2)cc1. The van der Waals surface area contributed by atoms with Gasteiger partial charge in [-0.1, -0.05) is 18.2 Å². The van der Waals surface area contributed by atoms with Gasteiger partial charge in [0.1, 0.15) is 22.6 Å². The first-order valence-electron chi connectivity index (χ1n) is 9.90. The number of nitrogens with zero attached hydrogens (tertiary/aromatic N) is 2. The molecular formula is C24H24N2O4S. The lowest BCUT2D eigenvalue weighted by Crippen LogP contribution is -2.28. The van der Waals surface area contributed by atoms with Gasteiger partial charge in [-0.05, 0) is 48.4 Å². The first-order chi connectivity index (χ1) is 15.1. The summed E-state index contributed by atoms with van der Waals surface area (Å²) in [5, 5.41) is -0.175. The highest BCUT2D eigenvalue weighted by Crippen LogP contribution is 2.47. The molecule has 160 valence electrons. The van der Waals surface area contributed by atoms with Crippen molar-refractivity contribution in [2.45, 2.75) is 18.8 Å². The number of benzene rings is 2. The largest absolute Gasteiger partial charge is 0.496 e. The van der Waals surface area contributed by atoms with Crippen LogP contribution in [0.5, 0.6) is 23.1 Å². The number of carbonyl (C=O) groups excluding carboxylic acids is 1. The Bertz CT molecular complexity index is 1050. The Morgan fingerprint density at radius 3 is 2.42 bits per heavy atom. The van der Waals surface area contributed by atoms with E-state index in [1.807, 2.05) is 66.4 Å². The van der Waals surface area contributed by atoms with Gasteiger partial charge in [-0.15, -0.1) is 11.8 Å². The van der Waals surface area contributed by atoms with Crippen molar-refractivity contribution in [2.75, 3.05) is 20.0 Å². The number of carbonyl (C=O) groups is 1. The van der Waals surface area contributed by atoms with Crippen LogP contribution >= 0.6 is 11.8 Å². The van der Waals surface area contributed by atoms with E-state index in [-0.39, 0.29) is 11.3 Å². The van der Waals surface area contributed by atoms with Gasteiger partial charge in [-0.3, -0.25) is 4.79 Å². The molecule has 4 rings (SSSR count). The van der Waals surface area contributed by atoms with E-state index in [1.54, 1.807) is 32.2 Å². The highest BCUT2D eigenvalue weighted by molar-refractivity contribution is 8.00. The fourth-order valence-corrected chi connectivity index (χ4v) is 4.77. The number of ether oxygens (including phenoxy) is 3. The van der Waals surface area contributed by atoms with Crippen LogP contribution in [0.2, 0.25) is 0 Å². The number of pyridine rings is 1. The van der Waals surface area contributed by atoms with Crippen molar-refractivity contribution < 1.29 is 19.0 Å². The maximum Gasteiger partial charge on any atom is 0.234 e. The van der Waals surface area contributed by atoms with E-state index >= 15 is 0 Å². The van der Waals surface area contributed by atoms with Crippen molar-refractivity contribution in [2.24, 2.45) is 0 Å². The second-order valence-corrected chi connectivity index (χ2v) is 8.25. The van der Waals surface area contributed by atoms with Gasteiger partial charge < -0.3 is 19.1 Å². The summed E-state index contributed by atoms with van der Waals surface area (Å²) in [6, 6.07) is 17.2. The zero-order valence-corrected chi connectivity index (χ0v) is 18.5. The summed E-state index contributed by atoms with van der Waals surface area (Å²) < 4.78 is 16.9. The Morgan fingerprint density at radius 2 is 1.77 bits per heavy atom. The van der Waals surface area contributed by atoms with Crippen molar-refractivity contribution in [3.8, 4) is 23.1 Å². The van der Waals surface area contributed by atoms with E-state index < -0.39 is 0 Å². The first kappa shape index (κ1) is 21.1. The predicted octanol–water partition coefficient (Wildman–Crippen LogP) is 4.97. The molecule has 1 aliphatic heterocycles. The molecule has 0 saturated carbocycles. The maximum absolute atomic E-state index is 12.7. The summed E-state index contributed by atoms with van der Waals surface area (Å²) in [4.78, 5) is 18.8. The molecule has 1 fully saturated rings. The summed E-state index contributed by atoms with van der Waals surface area (Å²) in [7, 11) is 3.26. The molecule has 0 aliphatic carbocycles. The Labute approximate surface area is 186 Å². The lowest BCUT2D eigenvalue weighted by molar-refractivity contribution is -0.128. The quantitative estimate of drug-likeness (QED) is 0.521. The number of hydrogen-bond donors (Lipinski definition) is 0.